The van der Waals surface area contributed by atoms with E-state index in [9.17, 15) is 22.8 Å². The molecule has 4 nitrogen and oxygen atoms in total. The molecule has 0 radical (unpaired) electrons. The fourth-order valence-electron chi connectivity index (χ4n) is 2.91. The minimum atomic E-state index is -4.63. The lowest BCUT2D eigenvalue weighted by Crippen LogP contribution is -2.28. The van der Waals surface area contributed by atoms with Crippen molar-refractivity contribution in [1.82, 2.24) is 0 Å². The van der Waals surface area contributed by atoms with Gasteiger partial charge in [-0.2, -0.15) is 13.2 Å². The average molecular weight is 397 g/mol. The molecular weight excluding hydrogens is 381 g/mol. The predicted octanol–water partition coefficient (Wildman–Crippen LogP) is 4.66. The van der Waals surface area contributed by atoms with Crippen LogP contribution in [0.4, 0.5) is 24.5 Å². The summed E-state index contributed by atoms with van der Waals surface area (Å²) in [6, 6.07) is 10.5. The van der Waals surface area contributed by atoms with Gasteiger partial charge in [-0.15, -0.1) is 0 Å². The first-order chi connectivity index (χ1) is 12.6. The Bertz CT molecular complexity index is 882. The van der Waals surface area contributed by atoms with Crippen LogP contribution in [0.5, 0.6) is 0 Å². The van der Waals surface area contributed by atoms with E-state index in [-0.39, 0.29) is 24.6 Å². The molecule has 27 heavy (non-hydrogen) atoms. The summed E-state index contributed by atoms with van der Waals surface area (Å²) in [5, 5.41) is 2.29. The van der Waals surface area contributed by atoms with E-state index in [0.717, 1.165) is 17.7 Å². The van der Waals surface area contributed by atoms with Crippen molar-refractivity contribution in [2.24, 2.45) is 5.92 Å². The quantitative estimate of drug-likeness (QED) is 0.820. The second-order valence-corrected chi connectivity index (χ2v) is 6.83. The van der Waals surface area contributed by atoms with E-state index in [2.05, 4.69) is 5.32 Å². The number of benzene rings is 2. The highest BCUT2D eigenvalue weighted by Gasteiger charge is 2.38. The summed E-state index contributed by atoms with van der Waals surface area (Å²) in [4.78, 5) is 25.9. The largest absolute Gasteiger partial charge is 0.417 e. The number of carbonyl (C=O) groups excluding carboxylic acids is 2. The van der Waals surface area contributed by atoms with E-state index < -0.39 is 28.6 Å². The zero-order valence-electron chi connectivity index (χ0n) is 14.3. The van der Waals surface area contributed by atoms with Gasteiger partial charge in [-0.3, -0.25) is 9.59 Å². The summed E-state index contributed by atoms with van der Waals surface area (Å²) in [7, 11) is 0. The number of amides is 2. The Kier molecular flexibility index (Phi) is 5.15. The molecule has 1 aliphatic rings. The summed E-state index contributed by atoms with van der Waals surface area (Å²) < 4.78 is 39.1. The lowest BCUT2D eigenvalue weighted by atomic mass is 10.1. The van der Waals surface area contributed by atoms with Crippen LogP contribution in [0.1, 0.15) is 17.5 Å². The van der Waals surface area contributed by atoms with Crippen molar-refractivity contribution < 1.29 is 22.8 Å². The van der Waals surface area contributed by atoms with Crippen molar-refractivity contribution in [2.45, 2.75) is 19.5 Å². The highest BCUT2D eigenvalue weighted by molar-refractivity contribution is 6.31. The lowest BCUT2D eigenvalue weighted by Gasteiger charge is -2.19. The molecule has 1 heterocycles. The van der Waals surface area contributed by atoms with Gasteiger partial charge < -0.3 is 10.2 Å². The number of nitrogens with one attached hydrogen (secondary N) is 1. The number of aryl methyl sites for hydroxylation is 1. The molecule has 0 bridgehead atoms. The number of alkyl halides is 3. The smallest absolute Gasteiger partial charge is 0.326 e. The van der Waals surface area contributed by atoms with Crippen molar-refractivity contribution in [3.8, 4) is 0 Å². The van der Waals surface area contributed by atoms with Crippen molar-refractivity contribution in [3.63, 3.8) is 0 Å². The molecule has 1 fully saturated rings. The number of carbonyl (C=O) groups is 2. The molecule has 0 saturated carbocycles. The summed E-state index contributed by atoms with van der Waals surface area (Å²) in [6.07, 6.45) is -4.69. The van der Waals surface area contributed by atoms with Gasteiger partial charge in [0.1, 0.15) is 0 Å². The Morgan fingerprint density at radius 2 is 1.85 bits per heavy atom. The molecule has 8 heteroatoms. The van der Waals surface area contributed by atoms with Gasteiger partial charge in [-0.05, 0) is 37.3 Å². The van der Waals surface area contributed by atoms with Gasteiger partial charge in [0.15, 0.2) is 0 Å². The van der Waals surface area contributed by atoms with Crippen LogP contribution in [0, 0.1) is 12.8 Å². The van der Waals surface area contributed by atoms with Crippen molar-refractivity contribution in [2.75, 3.05) is 16.8 Å². The highest BCUT2D eigenvalue weighted by Crippen LogP contribution is 2.38. The minimum absolute atomic E-state index is 0.00938. The number of rotatable bonds is 3. The molecule has 0 aromatic heterocycles. The number of hydrogen-bond acceptors (Lipinski definition) is 2. The van der Waals surface area contributed by atoms with E-state index in [0.29, 0.717) is 5.69 Å². The maximum atomic E-state index is 13.0. The maximum Gasteiger partial charge on any atom is 0.417 e. The van der Waals surface area contributed by atoms with Crippen LogP contribution in [0.2, 0.25) is 5.02 Å². The van der Waals surface area contributed by atoms with Crippen LogP contribution >= 0.6 is 11.6 Å². The molecule has 3 rings (SSSR count). The molecule has 1 unspecified atom stereocenters. The first kappa shape index (κ1) is 19.2. The van der Waals surface area contributed by atoms with Crippen molar-refractivity contribution >= 4 is 34.8 Å². The van der Waals surface area contributed by atoms with Crippen molar-refractivity contribution in [1.29, 1.82) is 0 Å². The average Bonchev–Trinajstić information content (AvgIpc) is 2.98. The third kappa shape index (κ3) is 4.24. The Morgan fingerprint density at radius 1 is 1.19 bits per heavy atom. The molecule has 1 aliphatic heterocycles. The normalized spacial score (nSPS) is 17.3. The Labute approximate surface area is 158 Å². The maximum absolute atomic E-state index is 13.0. The van der Waals surface area contributed by atoms with E-state index in [4.69, 9.17) is 11.6 Å². The molecule has 2 amide bonds. The SMILES string of the molecule is Cc1ccc(NC(=O)C2CC(=O)N(c3ccc(Cl)c(C(F)(F)F)c3)C2)cc1. The van der Waals surface area contributed by atoms with Gasteiger partial charge in [0, 0.05) is 24.3 Å². The van der Waals surface area contributed by atoms with E-state index in [1.165, 1.54) is 11.0 Å². The summed E-state index contributed by atoms with van der Waals surface area (Å²) in [6.45, 7) is 1.93. The number of anilines is 2. The zero-order valence-corrected chi connectivity index (χ0v) is 15.1. The zero-order chi connectivity index (χ0) is 19.8. The molecule has 1 atom stereocenters. The molecule has 1 saturated heterocycles. The van der Waals surface area contributed by atoms with Crippen LogP contribution in [-0.4, -0.2) is 18.4 Å². The van der Waals surface area contributed by atoms with Gasteiger partial charge in [-0.1, -0.05) is 29.3 Å². The Morgan fingerprint density at radius 3 is 2.48 bits per heavy atom. The predicted molar refractivity (Wildman–Crippen MR) is 96.7 cm³/mol. The van der Waals surface area contributed by atoms with E-state index in [1.54, 1.807) is 12.1 Å². The van der Waals surface area contributed by atoms with Crippen LogP contribution < -0.4 is 10.2 Å². The van der Waals surface area contributed by atoms with Crippen molar-refractivity contribution in [3.05, 3.63) is 58.6 Å². The molecule has 2 aromatic rings. The second-order valence-electron chi connectivity index (χ2n) is 6.42. The van der Waals surface area contributed by atoms with Gasteiger partial charge in [0.25, 0.3) is 0 Å². The fraction of sp³-hybridized carbons (Fsp3) is 0.263. The van der Waals surface area contributed by atoms with E-state index in [1.807, 2.05) is 19.1 Å². The second kappa shape index (κ2) is 7.23. The molecule has 2 aromatic carbocycles. The molecule has 1 N–H and O–H groups in total. The van der Waals surface area contributed by atoms with Crippen LogP contribution in [0.3, 0.4) is 0 Å². The van der Waals surface area contributed by atoms with Crippen LogP contribution in [0.25, 0.3) is 0 Å². The molecular formula is C19H16ClF3N2O2. The summed E-state index contributed by atoms with van der Waals surface area (Å²) in [5.41, 5.74) is 0.699. The first-order valence-corrected chi connectivity index (χ1v) is 8.57. The molecule has 142 valence electrons. The Hall–Kier alpha value is -2.54. The van der Waals surface area contributed by atoms with Gasteiger partial charge in [0.05, 0.1) is 16.5 Å². The van der Waals surface area contributed by atoms with Crippen LogP contribution in [0.15, 0.2) is 42.5 Å². The minimum Gasteiger partial charge on any atom is -0.326 e. The lowest BCUT2D eigenvalue weighted by molar-refractivity contribution is -0.137. The monoisotopic (exact) mass is 396 g/mol. The van der Waals surface area contributed by atoms with Gasteiger partial charge in [-0.25, -0.2) is 0 Å². The number of halogens is 4. The van der Waals surface area contributed by atoms with Gasteiger partial charge >= 0.3 is 6.18 Å². The Balaban J connectivity index is 1.75. The molecule has 0 spiro atoms. The molecule has 0 aliphatic carbocycles. The standard InChI is InChI=1S/C19H16ClF3N2O2/c1-11-2-4-13(5-3-11)24-18(27)12-8-17(26)25(10-12)14-6-7-16(20)15(9-14)19(21,22)23/h2-7,9,12H,8,10H2,1H3,(H,24,27). The summed E-state index contributed by atoms with van der Waals surface area (Å²) >= 11 is 5.62. The topological polar surface area (TPSA) is 49.4 Å². The third-order valence-electron chi connectivity index (χ3n) is 4.38. The highest BCUT2D eigenvalue weighted by atomic mass is 35.5. The van der Waals surface area contributed by atoms with E-state index >= 15 is 0 Å². The van der Waals surface area contributed by atoms with Gasteiger partial charge in [0.2, 0.25) is 11.8 Å². The number of nitrogens with zero attached hydrogens (tertiary/aromatic N) is 1. The fourth-order valence-corrected chi connectivity index (χ4v) is 3.14. The third-order valence-corrected chi connectivity index (χ3v) is 4.71. The number of hydrogen-bond donors (Lipinski definition) is 1. The first-order valence-electron chi connectivity index (χ1n) is 8.20. The summed E-state index contributed by atoms with van der Waals surface area (Å²) in [5.74, 6) is -1.40. The van der Waals surface area contributed by atoms with Crippen LogP contribution in [-0.2, 0) is 15.8 Å².